The number of nitriles is 1. The maximum atomic E-state index is 13.8. The Hall–Kier alpha value is -4.00. The summed E-state index contributed by atoms with van der Waals surface area (Å²) in [5.74, 6) is 0.362. The van der Waals surface area contributed by atoms with E-state index in [1.54, 1.807) is 12.4 Å². The zero-order valence-electron chi connectivity index (χ0n) is 21.9. The van der Waals surface area contributed by atoms with E-state index in [9.17, 15) is 14.0 Å². The lowest BCUT2D eigenvalue weighted by Crippen LogP contribution is -2.26. The molecule has 38 heavy (non-hydrogen) atoms. The van der Waals surface area contributed by atoms with Gasteiger partial charge in [0.2, 0.25) is 0 Å². The molecule has 3 heterocycles. The van der Waals surface area contributed by atoms with E-state index in [1.807, 2.05) is 31.2 Å². The molecule has 1 aliphatic rings. The number of aryl methyl sites for hydroxylation is 1. The lowest BCUT2D eigenvalue weighted by atomic mass is 9.87. The van der Waals surface area contributed by atoms with Gasteiger partial charge >= 0.3 is 0 Å². The highest BCUT2D eigenvalue weighted by Crippen LogP contribution is 2.48. The summed E-state index contributed by atoms with van der Waals surface area (Å²) in [7, 11) is 0. The van der Waals surface area contributed by atoms with Crippen molar-refractivity contribution in [2.45, 2.75) is 64.8 Å². The molecule has 0 aliphatic heterocycles. The van der Waals surface area contributed by atoms with Crippen LogP contribution < -0.4 is 5.32 Å². The summed E-state index contributed by atoms with van der Waals surface area (Å²) < 4.78 is 28.9. The molecule has 1 aliphatic carbocycles. The first kappa shape index (κ1) is 25.6. The van der Waals surface area contributed by atoms with Crippen LogP contribution in [0.3, 0.4) is 0 Å². The summed E-state index contributed by atoms with van der Waals surface area (Å²) in [6.07, 6.45) is 3.54. The van der Waals surface area contributed by atoms with Crippen LogP contribution in [0, 0.1) is 23.7 Å². The van der Waals surface area contributed by atoms with E-state index in [2.05, 4.69) is 57.4 Å². The van der Waals surface area contributed by atoms with E-state index in [1.165, 1.54) is 11.0 Å². The van der Waals surface area contributed by atoms with Gasteiger partial charge in [0.05, 0.1) is 16.8 Å². The number of rotatable bonds is 8. The van der Waals surface area contributed by atoms with Gasteiger partial charge in [0.15, 0.2) is 0 Å². The van der Waals surface area contributed by atoms with Crippen LogP contribution in [0.5, 0.6) is 0 Å². The second kappa shape index (κ2) is 9.71. The number of alkyl halides is 2. The third-order valence-electron chi connectivity index (χ3n) is 7.06. The molecule has 1 fully saturated rings. The van der Waals surface area contributed by atoms with Crippen molar-refractivity contribution in [1.82, 2.24) is 29.9 Å². The van der Waals surface area contributed by atoms with Gasteiger partial charge in [0.1, 0.15) is 23.8 Å². The van der Waals surface area contributed by atoms with E-state index >= 15 is 0 Å². The molecule has 0 amide bonds. The van der Waals surface area contributed by atoms with Crippen LogP contribution in [0.15, 0.2) is 43.0 Å². The minimum absolute atomic E-state index is 0.0266. The van der Waals surface area contributed by atoms with Crippen molar-refractivity contribution in [3.05, 3.63) is 71.1 Å². The van der Waals surface area contributed by atoms with Gasteiger partial charge < -0.3 is 5.32 Å². The first-order chi connectivity index (χ1) is 18.1. The Kier molecular flexibility index (Phi) is 6.55. The number of hydrogen-bond acceptors (Lipinski definition) is 7. The Bertz CT molecular complexity index is 1510. The van der Waals surface area contributed by atoms with E-state index in [-0.39, 0.29) is 11.3 Å². The number of hydrogen-bond donors (Lipinski definition) is 1. The molecular formula is C28H30F2N8. The zero-order chi connectivity index (χ0) is 27.1. The number of nitrogens with one attached hydrogen (secondary N) is 1. The highest BCUT2D eigenvalue weighted by Gasteiger charge is 2.54. The molecule has 5 rings (SSSR count). The lowest BCUT2D eigenvalue weighted by molar-refractivity contribution is 0.0593. The van der Waals surface area contributed by atoms with Crippen molar-refractivity contribution >= 4 is 16.7 Å². The quantitative estimate of drug-likeness (QED) is 0.335. The molecule has 0 radical (unpaired) electrons. The summed E-state index contributed by atoms with van der Waals surface area (Å²) in [5, 5.41) is 22.6. The largest absolute Gasteiger partial charge is 0.369 e. The molecule has 10 heteroatoms. The van der Waals surface area contributed by atoms with Gasteiger partial charge in [-0.25, -0.2) is 23.4 Å². The van der Waals surface area contributed by atoms with Gasteiger partial charge in [0.25, 0.3) is 6.43 Å². The molecular weight excluding hydrogens is 486 g/mol. The fourth-order valence-corrected chi connectivity index (χ4v) is 4.72. The zero-order valence-corrected chi connectivity index (χ0v) is 21.9. The fourth-order valence-electron chi connectivity index (χ4n) is 4.72. The van der Waals surface area contributed by atoms with Gasteiger partial charge in [-0.05, 0) is 60.9 Å². The van der Waals surface area contributed by atoms with E-state index in [4.69, 9.17) is 0 Å². The van der Waals surface area contributed by atoms with Crippen LogP contribution in [0.25, 0.3) is 10.9 Å². The molecule has 1 N–H and O–H groups in total. The number of nitrogens with zero attached hydrogens (tertiary/aromatic N) is 7. The molecule has 196 valence electrons. The Morgan fingerprint density at radius 3 is 2.63 bits per heavy atom. The standard InChI is InChI=1S/C28H30F2N8/c1-17-20(6-5-9-32-17)21(23-14-38(37-36-23)28(7-8-28)26(29)30)11-18-10-19(13-31)24-22(12-18)25(35-16-34-24)33-15-27(2,3)4/h5-6,9-10,12,14,16,21,26H,7-8,11,15H2,1-4H3,(H,33,34,35)/t21-/m1/s1. The maximum Gasteiger partial charge on any atom is 0.263 e. The van der Waals surface area contributed by atoms with E-state index < -0.39 is 12.0 Å². The van der Waals surface area contributed by atoms with Crippen molar-refractivity contribution in [2.24, 2.45) is 5.41 Å². The molecule has 1 saturated carbocycles. The van der Waals surface area contributed by atoms with Crippen LogP contribution in [-0.4, -0.2) is 42.9 Å². The molecule has 0 unspecified atom stereocenters. The molecule has 1 aromatic carbocycles. The third-order valence-corrected chi connectivity index (χ3v) is 7.06. The Morgan fingerprint density at radius 2 is 1.97 bits per heavy atom. The normalized spacial score (nSPS) is 15.4. The van der Waals surface area contributed by atoms with Crippen molar-refractivity contribution in [2.75, 3.05) is 11.9 Å². The predicted octanol–water partition coefficient (Wildman–Crippen LogP) is 5.38. The first-order valence-corrected chi connectivity index (χ1v) is 12.7. The SMILES string of the molecule is Cc1ncccc1[C@@H](Cc1cc(C#N)c2ncnc(NCC(C)(C)C)c2c1)c1cn(C2(C(F)F)CC2)nn1. The van der Waals surface area contributed by atoms with Crippen molar-refractivity contribution in [1.29, 1.82) is 5.26 Å². The minimum Gasteiger partial charge on any atom is -0.369 e. The summed E-state index contributed by atoms with van der Waals surface area (Å²) in [5.41, 5.74) is 2.99. The van der Waals surface area contributed by atoms with Gasteiger partial charge in [0, 0.05) is 35.9 Å². The molecule has 3 aromatic heterocycles. The van der Waals surface area contributed by atoms with Crippen LogP contribution in [0.2, 0.25) is 0 Å². The molecule has 4 aromatic rings. The number of aromatic nitrogens is 6. The number of pyridine rings is 1. The Morgan fingerprint density at radius 1 is 1.18 bits per heavy atom. The van der Waals surface area contributed by atoms with Crippen molar-refractivity contribution < 1.29 is 8.78 Å². The predicted molar refractivity (Wildman–Crippen MR) is 140 cm³/mol. The molecule has 8 nitrogen and oxygen atoms in total. The van der Waals surface area contributed by atoms with Gasteiger partial charge in [-0.2, -0.15) is 5.26 Å². The summed E-state index contributed by atoms with van der Waals surface area (Å²) >= 11 is 0. The van der Waals surface area contributed by atoms with E-state index in [0.717, 1.165) is 22.2 Å². The topological polar surface area (TPSA) is 105 Å². The van der Waals surface area contributed by atoms with Gasteiger partial charge in [-0.1, -0.05) is 32.1 Å². The second-order valence-corrected chi connectivity index (χ2v) is 11.2. The summed E-state index contributed by atoms with van der Waals surface area (Å²) in [4.78, 5) is 13.3. The number of anilines is 1. The minimum atomic E-state index is -2.51. The summed E-state index contributed by atoms with van der Waals surface area (Å²) in [6, 6.07) is 9.91. The highest BCUT2D eigenvalue weighted by atomic mass is 19.3. The van der Waals surface area contributed by atoms with Crippen LogP contribution in [0.1, 0.15) is 67.6 Å². The fraction of sp³-hybridized carbons (Fsp3) is 0.429. The van der Waals surface area contributed by atoms with Crippen molar-refractivity contribution in [3.8, 4) is 6.07 Å². The van der Waals surface area contributed by atoms with Crippen LogP contribution >= 0.6 is 0 Å². The smallest absolute Gasteiger partial charge is 0.263 e. The van der Waals surface area contributed by atoms with Crippen molar-refractivity contribution in [3.63, 3.8) is 0 Å². The highest BCUT2D eigenvalue weighted by molar-refractivity contribution is 5.93. The van der Waals surface area contributed by atoms with Gasteiger partial charge in [-0.15, -0.1) is 5.10 Å². The molecule has 0 spiro atoms. The average Bonchev–Trinajstić information content (AvgIpc) is 3.56. The first-order valence-electron chi connectivity index (χ1n) is 12.7. The number of fused-ring (bicyclic) bond motifs is 1. The average molecular weight is 517 g/mol. The third kappa shape index (κ3) is 4.93. The molecule has 0 bridgehead atoms. The second-order valence-electron chi connectivity index (χ2n) is 11.2. The molecule has 1 atom stereocenters. The number of halogens is 2. The van der Waals surface area contributed by atoms with Crippen LogP contribution in [0.4, 0.5) is 14.6 Å². The molecule has 0 saturated heterocycles. The Labute approximate surface area is 220 Å². The summed E-state index contributed by atoms with van der Waals surface area (Å²) in [6.45, 7) is 8.99. The van der Waals surface area contributed by atoms with Gasteiger partial charge in [-0.3, -0.25) is 4.98 Å². The number of benzene rings is 1. The maximum absolute atomic E-state index is 13.8. The Balaban J connectivity index is 1.58. The van der Waals surface area contributed by atoms with E-state index in [0.29, 0.717) is 48.4 Å². The van der Waals surface area contributed by atoms with Crippen LogP contribution in [-0.2, 0) is 12.0 Å². The monoisotopic (exact) mass is 516 g/mol. The lowest BCUT2D eigenvalue weighted by Gasteiger charge is -2.20.